The van der Waals surface area contributed by atoms with Gasteiger partial charge >= 0.3 is 5.97 Å². The largest absolute Gasteiger partial charge is 0.430 e. The molecule has 0 atom stereocenters. The lowest BCUT2D eigenvalue weighted by atomic mass is 9.86. The second-order valence-electron chi connectivity index (χ2n) is 8.14. The minimum absolute atomic E-state index is 0.0466. The maximum atomic E-state index is 12.8. The van der Waals surface area contributed by atoms with E-state index in [0.717, 1.165) is 27.8 Å². The Morgan fingerprint density at radius 3 is 2.19 bits per heavy atom. The third-order valence-corrected chi connectivity index (χ3v) is 5.43. The third-order valence-electron chi connectivity index (χ3n) is 5.17. The highest BCUT2D eigenvalue weighted by Crippen LogP contribution is 2.36. The molecule has 0 unspecified atom stereocenters. The van der Waals surface area contributed by atoms with E-state index in [2.05, 4.69) is 6.07 Å². The highest BCUT2D eigenvalue weighted by atomic mass is 35.5. The molecule has 31 heavy (non-hydrogen) atoms. The number of allylic oxidation sites excluding steroid dienone is 2. The van der Waals surface area contributed by atoms with Crippen LogP contribution in [0.3, 0.4) is 0 Å². The molecule has 0 spiro atoms. The van der Waals surface area contributed by atoms with E-state index < -0.39 is 0 Å². The van der Waals surface area contributed by atoms with Gasteiger partial charge in [-0.15, -0.1) is 0 Å². The second kappa shape index (κ2) is 11.3. The first-order valence-corrected chi connectivity index (χ1v) is 11.5. The zero-order chi connectivity index (χ0) is 23.1. The lowest BCUT2D eigenvalue weighted by Crippen LogP contribution is -2.17. The molecule has 3 nitrogen and oxygen atoms in total. The van der Waals surface area contributed by atoms with Gasteiger partial charge < -0.3 is 4.74 Å². The lowest BCUT2D eigenvalue weighted by molar-refractivity contribution is -0.140. The van der Waals surface area contributed by atoms with Crippen LogP contribution in [0.15, 0.2) is 42.2 Å². The van der Waals surface area contributed by atoms with Crippen LogP contribution in [0, 0.1) is 19.8 Å². The van der Waals surface area contributed by atoms with Gasteiger partial charge in [-0.25, -0.2) is 0 Å². The normalized spacial score (nSPS) is 13.7. The van der Waals surface area contributed by atoms with Crippen molar-refractivity contribution in [3.05, 3.63) is 63.9 Å². The summed E-state index contributed by atoms with van der Waals surface area (Å²) < 4.78 is 5.67. The Morgan fingerprint density at radius 1 is 1.00 bits per heavy atom. The monoisotopic (exact) mass is 440 g/mol. The first kappa shape index (κ1) is 24.9. The number of esters is 1. The van der Waals surface area contributed by atoms with Gasteiger partial charge in [-0.05, 0) is 66.1 Å². The number of Topliss-reactive ketones (excluding diaryl/α,β-unsaturated/α-hetero) is 1. The van der Waals surface area contributed by atoms with Crippen LogP contribution >= 0.6 is 11.6 Å². The Kier molecular flexibility index (Phi) is 9.06. The van der Waals surface area contributed by atoms with Crippen LogP contribution < -0.4 is 0 Å². The fourth-order valence-electron chi connectivity index (χ4n) is 3.76. The minimum Gasteiger partial charge on any atom is -0.430 e. The summed E-state index contributed by atoms with van der Waals surface area (Å²) >= 11 is 6.02. The average Bonchev–Trinajstić information content (AvgIpc) is 2.71. The van der Waals surface area contributed by atoms with E-state index in [-0.39, 0.29) is 17.7 Å². The van der Waals surface area contributed by atoms with Crippen LogP contribution in [-0.2, 0) is 14.3 Å². The van der Waals surface area contributed by atoms with Crippen molar-refractivity contribution < 1.29 is 14.3 Å². The molecule has 0 N–H and O–H groups in total. The Labute approximate surface area is 191 Å². The number of carbonyl (C=O) groups is 2. The molecule has 166 valence electrons. The van der Waals surface area contributed by atoms with Gasteiger partial charge in [-0.2, -0.15) is 0 Å². The molecule has 4 heteroatoms. The third kappa shape index (κ3) is 6.30. The summed E-state index contributed by atoms with van der Waals surface area (Å²) in [7, 11) is 0. The highest BCUT2D eigenvalue weighted by Gasteiger charge is 2.27. The fraction of sp³-hybridized carbons (Fsp3) is 0.407. The molecule has 0 heterocycles. The van der Waals surface area contributed by atoms with Gasteiger partial charge in [0, 0.05) is 24.3 Å². The molecule has 0 aliphatic heterocycles. The summed E-state index contributed by atoms with van der Waals surface area (Å²) in [6.07, 6.45) is 2.16. The lowest BCUT2D eigenvalue weighted by Gasteiger charge is -2.22. The number of hydrogen-bond acceptors (Lipinski definition) is 3. The summed E-state index contributed by atoms with van der Waals surface area (Å²) in [6.45, 7) is 12.0. The summed E-state index contributed by atoms with van der Waals surface area (Å²) in [5, 5.41) is 0.700. The molecule has 2 aromatic carbocycles. The predicted octanol–water partition coefficient (Wildman–Crippen LogP) is 7.70. The Morgan fingerprint density at radius 2 is 1.58 bits per heavy atom. The van der Waals surface area contributed by atoms with E-state index in [1.54, 1.807) is 0 Å². The zero-order valence-corrected chi connectivity index (χ0v) is 20.2. The SMILES string of the molecule is CC.Cc1cc(-c2ccc(Cl)cc2)c(C)cc1C1=C(OC(=O)CC(C)C)CCCC1=O. The second-order valence-corrected chi connectivity index (χ2v) is 8.57. The van der Waals surface area contributed by atoms with E-state index in [1.807, 2.05) is 71.9 Å². The van der Waals surface area contributed by atoms with Gasteiger partial charge in [-0.3, -0.25) is 9.59 Å². The molecule has 1 aliphatic carbocycles. The zero-order valence-electron chi connectivity index (χ0n) is 19.5. The summed E-state index contributed by atoms with van der Waals surface area (Å²) in [5.74, 6) is 0.516. The number of carbonyl (C=O) groups excluding carboxylic acids is 2. The highest BCUT2D eigenvalue weighted by molar-refractivity contribution is 6.30. The van der Waals surface area contributed by atoms with Crippen molar-refractivity contribution >= 4 is 28.9 Å². The molecular formula is C27H33ClO3. The minimum atomic E-state index is -0.269. The molecule has 2 aromatic rings. The van der Waals surface area contributed by atoms with Crippen LogP contribution in [0.2, 0.25) is 5.02 Å². The first-order chi connectivity index (χ1) is 14.8. The number of rotatable bonds is 5. The first-order valence-electron chi connectivity index (χ1n) is 11.1. The number of aryl methyl sites for hydroxylation is 2. The van der Waals surface area contributed by atoms with Crippen molar-refractivity contribution in [2.24, 2.45) is 5.92 Å². The van der Waals surface area contributed by atoms with E-state index in [1.165, 1.54) is 0 Å². The van der Waals surface area contributed by atoms with Crippen LogP contribution in [0.1, 0.15) is 70.1 Å². The van der Waals surface area contributed by atoms with Crippen molar-refractivity contribution in [3.63, 3.8) is 0 Å². The van der Waals surface area contributed by atoms with Crippen molar-refractivity contribution in [2.75, 3.05) is 0 Å². The van der Waals surface area contributed by atoms with E-state index in [0.29, 0.717) is 42.0 Å². The van der Waals surface area contributed by atoms with Crippen LogP contribution in [0.4, 0.5) is 0 Å². The van der Waals surface area contributed by atoms with E-state index >= 15 is 0 Å². The van der Waals surface area contributed by atoms with Crippen molar-refractivity contribution in [2.45, 2.75) is 67.2 Å². The maximum Gasteiger partial charge on any atom is 0.311 e. The van der Waals surface area contributed by atoms with Crippen LogP contribution in [-0.4, -0.2) is 11.8 Å². The standard InChI is InChI=1S/C25H27ClO3.C2H6/c1-15(2)12-24(28)29-23-7-5-6-22(27)25(23)21-14-16(3)20(13-17(21)4)18-8-10-19(26)11-9-18;1-2/h8-11,13-15H,5-7,12H2,1-4H3;1-2H3. The van der Waals surface area contributed by atoms with Crippen molar-refractivity contribution in [1.29, 1.82) is 0 Å². The molecule has 3 rings (SSSR count). The Balaban J connectivity index is 0.00000166. The van der Waals surface area contributed by atoms with Crippen LogP contribution in [0.5, 0.6) is 0 Å². The van der Waals surface area contributed by atoms with Gasteiger partial charge in [0.2, 0.25) is 0 Å². The summed E-state index contributed by atoms with van der Waals surface area (Å²) in [6, 6.07) is 11.9. The molecule has 1 aliphatic rings. The van der Waals surface area contributed by atoms with Gasteiger partial charge in [0.05, 0.1) is 5.57 Å². The fourth-order valence-corrected chi connectivity index (χ4v) is 3.88. The number of hydrogen-bond donors (Lipinski definition) is 0. The molecule has 0 saturated carbocycles. The molecule has 0 aromatic heterocycles. The van der Waals surface area contributed by atoms with Crippen LogP contribution in [0.25, 0.3) is 16.7 Å². The molecule has 0 fully saturated rings. The molecule has 0 bridgehead atoms. The Hall–Kier alpha value is -2.39. The predicted molar refractivity (Wildman–Crippen MR) is 129 cm³/mol. The van der Waals surface area contributed by atoms with Gasteiger partial charge in [0.25, 0.3) is 0 Å². The molecule has 0 amide bonds. The molecule has 0 saturated heterocycles. The van der Waals surface area contributed by atoms with Gasteiger partial charge in [-0.1, -0.05) is 63.6 Å². The number of ketones is 1. The summed E-state index contributed by atoms with van der Waals surface area (Å²) in [4.78, 5) is 25.0. The smallest absolute Gasteiger partial charge is 0.311 e. The average molecular weight is 441 g/mol. The topological polar surface area (TPSA) is 43.4 Å². The number of benzene rings is 2. The van der Waals surface area contributed by atoms with E-state index in [4.69, 9.17) is 16.3 Å². The molecular weight excluding hydrogens is 408 g/mol. The van der Waals surface area contributed by atoms with Gasteiger partial charge in [0.15, 0.2) is 5.78 Å². The molecule has 0 radical (unpaired) electrons. The number of halogens is 1. The number of ether oxygens (including phenoxy) is 1. The Bertz CT molecular complexity index is 969. The quantitative estimate of drug-likeness (QED) is 0.447. The van der Waals surface area contributed by atoms with Crippen molar-refractivity contribution in [1.82, 2.24) is 0 Å². The summed E-state index contributed by atoms with van der Waals surface area (Å²) in [5.41, 5.74) is 5.66. The van der Waals surface area contributed by atoms with Crippen molar-refractivity contribution in [3.8, 4) is 11.1 Å². The van der Waals surface area contributed by atoms with Gasteiger partial charge in [0.1, 0.15) is 5.76 Å². The van der Waals surface area contributed by atoms with E-state index in [9.17, 15) is 9.59 Å². The maximum absolute atomic E-state index is 12.8.